The molecule has 17 heavy (non-hydrogen) atoms. The molecule has 0 bridgehead atoms. The van der Waals surface area contributed by atoms with Crippen molar-refractivity contribution in [2.24, 2.45) is 0 Å². The highest BCUT2D eigenvalue weighted by Crippen LogP contribution is 2.25. The Morgan fingerprint density at radius 3 is 3.06 bits per heavy atom. The topological polar surface area (TPSA) is 41.6 Å². The Bertz CT molecular complexity index is 447. The van der Waals surface area contributed by atoms with E-state index in [9.17, 15) is 4.79 Å². The second-order valence-corrected chi connectivity index (χ2v) is 4.70. The van der Waals surface area contributed by atoms with Crippen LogP contribution in [0.5, 0.6) is 0 Å². The zero-order valence-electron chi connectivity index (χ0n) is 9.85. The van der Waals surface area contributed by atoms with Gasteiger partial charge in [-0.1, -0.05) is 24.3 Å². The van der Waals surface area contributed by atoms with Crippen LogP contribution in [-0.2, 0) is 11.3 Å². The average Bonchev–Trinajstić information content (AvgIpc) is 2.85. The van der Waals surface area contributed by atoms with E-state index in [1.165, 1.54) is 11.1 Å². The summed E-state index contributed by atoms with van der Waals surface area (Å²) in [5.41, 5.74) is 2.41. The Morgan fingerprint density at radius 1 is 1.41 bits per heavy atom. The number of ether oxygens (including phenoxy) is 1. The van der Waals surface area contributed by atoms with Crippen molar-refractivity contribution >= 4 is 6.09 Å². The van der Waals surface area contributed by atoms with E-state index in [1.807, 2.05) is 17.0 Å². The van der Waals surface area contributed by atoms with Gasteiger partial charge in [-0.25, -0.2) is 4.79 Å². The van der Waals surface area contributed by atoms with Crippen molar-refractivity contribution < 1.29 is 9.53 Å². The molecule has 90 valence electrons. The molecule has 0 radical (unpaired) electrons. The van der Waals surface area contributed by atoms with Crippen LogP contribution in [0.15, 0.2) is 24.3 Å². The lowest BCUT2D eigenvalue weighted by atomic mass is 10.1. The van der Waals surface area contributed by atoms with Crippen LogP contribution < -0.4 is 5.32 Å². The summed E-state index contributed by atoms with van der Waals surface area (Å²) in [6, 6.07) is 8.36. The number of benzene rings is 1. The van der Waals surface area contributed by atoms with E-state index in [4.69, 9.17) is 4.74 Å². The minimum Gasteiger partial charge on any atom is -0.442 e. The number of aryl methyl sites for hydroxylation is 1. The Hall–Kier alpha value is -1.55. The summed E-state index contributed by atoms with van der Waals surface area (Å²) in [6.45, 7) is 4.33. The largest absolute Gasteiger partial charge is 0.442 e. The van der Waals surface area contributed by atoms with Gasteiger partial charge in [0.05, 0.1) is 6.04 Å². The lowest BCUT2D eigenvalue weighted by Crippen LogP contribution is -2.36. The van der Waals surface area contributed by atoms with Gasteiger partial charge in [-0.15, -0.1) is 0 Å². The maximum atomic E-state index is 11.8. The van der Waals surface area contributed by atoms with Crippen molar-refractivity contribution in [2.45, 2.75) is 25.6 Å². The molecule has 1 amide bonds. The summed E-state index contributed by atoms with van der Waals surface area (Å²) in [6.07, 6.45) is -0.142. The van der Waals surface area contributed by atoms with Gasteiger partial charge >= 0.3 is 6.09 Å². The van der Waals surface area contributed by atoms with Crippen LogP contribution in [-0.4, -0.2) is 36.2 Å². The molecule has 2 saturated heterocycles. The van der Waals surface area contributed by atoms with Crippen LogP contribution in [0.1, 0.15) is 11.1 Å². The van der Waals surface area contributed by atoms with Crippen molar-refractivity contribution in [1.82, 2.24) is 10.2 Å². The molecule has 3 rings (SSSR count). The predicted molar refractivity (Wildman–Crippen MR) is 63.6 cm³/mol. The lowest BCUT2D eigenvalue weighted by Gasteiger charge is -2.20. The van der Waals surface area contributed by atoms with Crippen LogP contribution in [0.4, 0.5) is 4.79 Å². The molecule has 0 aliphatic carbocycles. The van der Waals surface area contributed by atoms with Crippen LogP contribution in [0.2, 0.25) is 0 Å². The molecule has 1 aromatic rings. The van der Waals surface area contributed by atoms with E-state index in [2.05, 4.69) is 24.4 Å². The molecule has 1 aromatic carbocycles. The number of nitrogens with one attached hydrogen (secondary N) is 1. The van der Waals surface area contributed by atoms with E-state index < -0.39 is 0 Å². The van der Waals surface area contributed by atoms with Gasteiger partial charge in [0.2, 0.25) is 0 Å². The molecular formula is C13H16N2O2. The SMILES string of the molecule is Cc1ccccc1CN1C(=O)OC2CNCC21. The first kappa shape index (κ1) is 10.6. The molecule has 4 heteroatoms. The number of hydrogen-bond donors (Lipinski definition) is 1. The van der Waals surface area contributed by atoms with Crippen molar-refractivity contribution in [3.63, 3.8) is 0 Å². The Kier molecular flexibility index (Phi) is 2.52. The fraction of sp³-hybridized carbons (Fsp3) is 0.462. The van der Waals surface area contributed by atoms with Crippen LogP contribution >= 0.6 is 0 Å². The number of fused-ring (bicyclic) bond motifs is 1. The molecule has 0 spiro atoms. The molecular weight excluding hydrogens is 216 g/mol. The molecule has 2 atom stereocenters. The van der Waals surface area contributed by atoms with Crippen molar-refractivity contribution in [1.29, 1.82) is 0 Å². The third-order valence-corrected chi connectivity index (χ3v) is 3.62. The highest BCUT2D eigenvalue weighted by molar-refractivity contribution is 5.71. The average molecular weight is 232 g/mol. The fourth-order valence-corrected chi connectivity index (χ4v) is 2.56. The van der Waals surface area contributed by atoms with Crippen LogP contribution in [0, 0.1) is 6.92 Å². The normalized spacial score (nSPS) is 27.1. The predicted octanol–water partition coefficient (Wildman–Crippen LogP) is 1.29. The summed E-state index contributed by atoms with van der Waals surface area (Å²) in [5.74, 6) is 0. The van der Waals surface area contributed by atoms with Gasteiger partial charge in [-0.05, 0) is 18.1 Å². The van der Waals surface area contributed by atoms with Gasteiger partial charge < -0.3 is 10.1 Å². The standard InChI is InChI=1S/C13H16N2O2/c1-9-4-2-3-5-10(9)8-15-11-6-14-7-12(11)17-13(15)16/h2-5,11-12,14H,6-8H2,1H3. The second kappa shape index (κ2) is 4.04. The van der Waals surface area contributed by atoms with Gasteiger partial charge in [-0.2, -0.15) is 0 Å². The van der Waals surface area contributed by atoms with Gasteiger partial charge in [0, 0.05) is 19.6 Å². The Labute approximate surface area is 101 Å². The number of hydrogen-bond acceptors (Lipinski definition) is 3. The molecule has 4 nitrogen and oxygen atoms in total. The van der Waals surface area contributed by atoms with Gasteiger partial charge in [0.15, 0.2) is 0 Å². The van der Waals surface area contributed by atoms with Crippen LogP contribution in [0.3, 0.4) is 0 Å². The zero-order chi connectivity index (χ0) is 11.8. The third kappa shape index (κ3) is 1.78. The smallest absolute Gasteiger partial charge is 0.410 e. The van der Waals surface area contributed by atoms with Crippen molar-refractivity contribution in [3.05, 3.63) is 35.4 Å². The molecule has 2 aliphatic rings. The summed E-state index contributed by atoms with van der Waals surface area (Å²) in [5, 5.41) is 3.26. The summed E-state index contributed by atoms with van der Waals surface area (Å²) in [4.78, 5) is 13.6. The molecule has 2 aliphatic heterocycles. The number of nitrogens with zero attached hydrogens (tertiary/aromatic N) is 1. The molecule has 2 heterocycles. The van der Waals surface area contributed by atoms with E-state index in [-0.39, 0.29) is 18.2 Å². The summed E-state index contributed by atoms with van der Waals surface area (Å²) >= 11 is 0. The minimum absolute atomic E-state index is 0.0338. The lowest BCUT2D eigenvalue weighted by molar-refractivity contribution is 0.133. The first-order chi connectivity index (χ1) is 8.25. The van der Waals surface area contributed by atoms with Crippen molar-refractivity contribution in [2.75, 3.05) is 13.1 Å². The molecule has 1 N–H and O–H groups in total. The van der Waals surface area contributed by atoms with Gasteiger partial charge in [0.1, 0.15) is 6.10 Å². The first-order valence-electron chi connectivity index (χ1n) is 5.98. The number of rotatable bonds is 2. The van der Waals surface area contributed by atoms with Crippen molar-refractivity contribution in [3.8, 4) is 0 Å². The van der Waals surface area contributed by atoms with E-state index in [1.54, 1.807) is 0 Å². The van der Waals surface area contributed by atoms with Gasteiger partial charge in [-0.3, -0.25) is 4.90 Å². The first-order valence-corrected chi connectivity index (χ1v) is 5.98. The second-order valence-electron chi connectivity index (χ2n) is 4.70. The zero-order valence-corrected chi connectivity index (χ0v) is 9.85. The van der Waals surface area contributed by atoms with Gasteiger partial charge in [0.25, 0.3) is 0 Å². The highest BCUT2D eigenvalue weighted by Gasteiger charge is 2.44. The fourth-order valence-electron chi connectivity index (χ4n) is 2.56. The molecule has 0 saturated carbocycles. The monoisotopic (exact) mass is 232 g/mol. The highest BCUT2D eigenvalue weighted by atomic mass is 16.6. The minimum atomic E-state index is -0.176. The summed E-state index contributed by atoms with van der Waals surface area (Å²) in [7, 11) is 0. The molecule has 0 aromatic heterocycles. The number of amides is 1. The number of carbonyl (C=O) groups is 1. The Morgan fingerprint density at radius 2 is 2.24 bits per heavy atom. The van der Waals surface area contributed by atoms with E-state index in [0.29, 0.717) is 6.54 Å². The third-order valence-electron chi connectivity index (χ3n) is 3.62. The molecule has 2 unspecified atom stereocenters. The van der Waals surface area contributed by atoms with Crippen LogP contribution in [0.25, 0.3) is 0 Å². The maximum Gasteiger partial charge on any atom is 0.410 e. The quantitative estimate of drug-likeness (QED) is 0.835. The number of carbonyl (C=O) groups excluding carboxylic acids is 1. The summed E-state index contributed by atoms with van der Waals surface area (Å²) < 4.78 is 5.33. The Balaban J connectivity index is 1.81. The van der Waals surface area contributed by atoms with E-state index >= 15 is 0 Å². The van der Waals surface area contributed by atoms with E-state index in [0.717, 1.165) is 13.1 Å². The molecule has 2 fully saturated rings. The maximum absolute atomic E-state index is 11.8.